The third-order valence-electron chi connectivity index (χ3n) is 4.40. The van der Waals surface area contributed by atoms with E-state index in [0.29, 0.717) is 11.4 Å². The van der Waals surface area contributed by atoms with E-state index in [1.54, 1.807) is 4.68 Å². The molecule has 1 heterocycles. The first-order valence-corrected chi connectivity index (χ1v) is 8.59. The van der Waals surface area contributed by atoms with Crippen LogP contribution in [0.25, 0.3) is 5.69 Å². The maximum absolute atomic E-state index is 12.6. The summed E-state index contributed by atoms with van der Waals surface area (Å²) >= 11 is 0. The third kappa shape index (κ3) is 3.47. The average Bonchev–Trinajstić information content (AvgIpc) is 2.96. The Kier molecular flexibility index (Phi) is 4.55. The molecule has 0 radical (unpaired) electrons. The summed E-state index contributed by atoms with van der Waals surface area (Å²) in [7, 11) is 0. The first-order chi connectivity index (χ1) is 12.3. The fourth-order valence-electron chi connectivity index (χ4n) is 2.78. The standard InChI is InChI=1S/C21H24N4O/c1-14-7-5-6-8-18(14)25-19(22)17(13-23-25)20(26)24-16-11-9-15(10-12-16)21(2,3)4/h5-13H,22H2,1-4H3,(H,24,26). The second-order valence-electron chi connectivity index (χ2n) is 7.42. The molecule has 5 nitrogen and oxygen atoms in total. The number of nitrogen functional groups attached to an aromatic ring is 1. The van der Waals surface area contributed by atoms with Gasteiger partial charge in [0.15, 0.2) is 0 Å². The Balaban J connectivity index is 1.82. The molecule has 0 aliphatic heterocycles. The highest BCUT2D eigenvalue weighted by Gasteiger charge is 2.18. The summed E-state index contributed by atoms with van der Waals surface area (Å²) in [4.78, 5) is 12.6. The lowest BCUT2D eigenvalue weighted by atomic mass is 9.87. The largest absolute Gasteiger partial charge is 0.383 e. The molecule has 0 saturated heterocycles. The van der Waals surface area contributed by atoms with Crippen molar-refractivity contribution in [1.29, 1.82) is 0 Å². The van der Waals surface area contributed by atoms with E-state index >= 15 is 0 Å². The summed E-state index contributed by atoms with van der Waals surface area (Å²) in [5.74, 6) is 0.0500. The van der Waals surface area contributed by atoms with Gasteiger partial charge in [-0.3, -0.25) is 4.79 Å². The van der Waals surface area contributed by atoms with Crippen LogP contribution in [0.4, 0.5) is 11.5 Å². The quantitative estimate of drug-likeness (QED) is 0.740. The third-order valence-corrected chi connectivity index (χ3v) is 4.40. The molecule has 5 heteroatoms. The van der Waals surface area contributed by atoms with Gasteiger partial charge in [-0.15, -0.1) is 0 Å². The molecule has 0 aliphatic rings. The first-order valence-electron chi connectivity index (χ1n) is 8.59. The van der Waals surface area contributed by atoms with Crippen molar-refractivity contribution in [3.05, 3.63) is 71.4 Å². The van der Waals surface area contributed by atoms with Crippen LogP contribution in [-0.4, -0.2) is 15.7 Å². The summed E-state index contributed by atoms with van der Waals surface area (Å²) in [5.41, 5.74) is 10.4. The molecule has 0 unspecified atom stereocenters. The maximum Gasteiger partial charge on any atom is 0.261 e. The number of para-hydroxylation sites is 1. The van der Waals surface area contributed by atoms with Gasteiger partial charge in [0.1, 0.15) is 11.4 Å². The summed E-state index contributed by atoms with van der Waals surface area (Å²) < 4.78 is 1.59. The lowest BCUT2D eigenvalue weighted by molar-refractivity contribution is 0.102. The maximum atomic E-state index is 12.6. The molecule has 3 aromatic rings. The Morgan fingerprint density at radius 3 is 2.35 bits per heavy atom. The molecule has 2 aromatic carbocycles. The SMILES string of the molecule is Cc1ccccc1-n1ncc(C(=O)Nc2ccc(C(C)(C)C)cc2)c1N. The summed E-state index contributed by atoms with van der Waals surface area (Å²) in [6, 6.07) is 15.6. The lowest BCUT2D eigenvalue weighted by Crippen LogP contribution is -2.15. The molecule has 0 atom stereocenters. The van der Waals surface area contributed by atoms with Crippen molar-refractivity contribution in [2.45, 2.75) is 33.1 Å². The van der Waals surface area contributed by atoms with Gasteiger partial charge in [0.25, 0.3) is 5.91 Å². The molecule has 134 valence electrons. The minimum Gasteiger partial charge on any atom is -0.383 e. The van der Waals surface area contributed by atoms with Crippen molar-refractivity contribution in [3.8, 4) is 5.69 Å². The minimum absolute atomic E-state index is 0.0711. The van der Waals surface area contributed by atoms with Crippen LogP contribution in [0.3, 0.4) is 0 Å². The first kappa shape index (κ1) is 17.7. The van der Waals surface area contributed by atoms with E-state index in [1.807, 2.05) is 55.5 Å². The molecule has 0 aliphatic carbocycles. The molecule has 0 fully saturated rings. The summed E-state index contributed by atoms with van der Waals surface area (Å²) in [6.45, 7) is 8.44. The molecule has 1 aromatic heterocycles. The van der Waals surface area contributed by atoms with E-state index in [0.717, 1.165) is 16.9 Å². The average molecular weight is 348 g/mol. The highest BCUT2D eigenvalue weighted by Crippen LogP contribution is 2.24. The van der Waals surface area contributed by atoms with E-state index in [4.69, 9.17) is 5.73 Å². The minimum atomic E-state index is -0.272. The van der Waals surface area contributed by atoms with Gasteiger partial charge in [-0.2, -0.15) is 5.10 Å². The van der Waals surface area contributed by atoms with Crippen LogP contribution in [0, 0.1) is 6.92 Å². The van der Waals surface area contributed by atoms with Gasteiger partial charge >= 0.3 is 0 Å². The van der Waals surface area contributed by atoms with Crippen molar-refractivity contribution >= 4 is 17.4 Å². The fourth-order valence-corrected chi connectivity index (χ4v) is 2.78. The van der Waals surface area contributed by atoms with Gasteiger partial charge in [0.2, 0.25) is 0 Å². The Bertz CT molecular complexity index is 933. The van der Waals surface area contributed by atoms with Crippen molar-refractivity contribution in [3.63, 3.8) is 0 Å². The number of rotatable bonds is 3. The lowest BCUT2D eigenvalue weighted by Gasteiger charge is -2.19. The zero-order chi connectivity index (χ0) is 18.9. The monoisotopic (exact) mass is 348 g/mol. The second-order valence-corrected chi connectivity index (χ2v) is 7.42. The number of carbonyl (C=O) groups excluding carboxylic acids is 1. The molecule has 0 bridgehead atoms. The number of hydrogen-bond donors (Lipinski definition) is 2. The number of nitrogens with zero attached hydrogens (tertiary/aromatic N) is 2. The smallest absolute Gasteiger partial charge is 0.261 e. The van der Waals surface area contributed by atoms with Gasteiger partial charge in [-0.05, 0) is 41.7 Å². The van der Waals surface area contributed by atoms with Crippen LogP contribution in [0.15, 0.2) is 54.7 Å². The van der Waals surface area contributed by atoms with Crippen LogP contribution in [0.5, 0.6) is 0 Å². The van der Waals surface area contributed by atoms with Crippen molar-refractivity contribution in [2.75, 3.05) is 11.1 Å². The van der Waals surface area contributed by atoms with Crippen molar-refractivity contribution in [2.24, 2.45) is 0 Å². The molecule has 3 N–H and O–H groups in total. The molecular weight excluding hydrogens is 324 g/mol. The number of nitrogens with two attached hydrogens (primary N) is 1. The zero-order valence-electron chi connectivity index (χ0n) is 15.6. The molecule has 0 saturated carbocycles. The number of anilines is 2. The van der Waals surface area contributed by atoms with Gasteiger partial charge in [0.05, 0.1) is 11.9 Å². The van der Waals surface area contributed by atoms with Crippen molar-refractivity contribution < 1.29 is 4.79 Å². The second kappa shape index (κ2) is 6.67. The molecule has 1 amide bonds. The van der Waals surface area contributed by atoms with E-state index in [-0.39, 0.29) is 11.3 Å². The normalized spacial score (nSPS) is 11.4. The Morgan fingerprint density at radius 2 is 1.73 bits per heavy atom. The van der Waals surface area contributed by atoms with E-state index in [2.05, 4.69) is 31.2 Å². The molecule has 26 heavy (non-hydrogen) atoms. The van der Waals surface area contributed by atoms with Crippen LogP contribution >= 0.6 is 0 Å². The number of nitrogens with one attached hydrogen (secondary N) is 1. The van der Waals surface area contributed by atoms with Crippen LogP contribution < -0.4 is 11.1 Å². The number of amides is 1. The number of aryl methyl sites for hydroxylation is 1. The highest BCUT2D eigenvalue weighted by molar-refractivity contribution is 6.07. The van der Waals surface area contributed by atoms with Gasteiger partial charge < -0.3 is 11.1 Å². The molecule has 3 rings (SSSR count). The van der Waals surface area contributed by atoms with Crippen LogP contribution in [-0.2, 0) is 5.41 Å². The zero-order valence-corrected chi connectivity index (χ0v) is 15.6. The highest BCUT2D eigenvalue weighted by atomic mass is 16.1. The van der Waals surface area contributed by atoms with E-state index < -0.39 is 0 Å². The van der Waals surface area contributed by atoms with Gasteiger partial charge in [0, 0.05) is 5.69 Å². The topological polar surface area (TPSA) is 72.9 Å². The van der Waals surface area contributed by atoms with Gasteiger partial charge in [-0.25, -0.2) is 4.68 Å². The van der Waals surface area contributed by atoms with Crippen LogP contribution in [0.2, 0.25) is 0 Å². The molecular formula is C21H24N4O. The van der Waals surface area contributed by atoms with E-state index in [1.165, 1.54) is 11.8 Å². The molecule has 0 spiro atoms. The Hall–Kier alpha value is -3.08. The van der Waals surface area contributed by atoms with Gasteiger partial charge in [-0.1, -0.05) is 51.1 Å². The summed E-state index contributed by atoms with van der Waals surface area (Å²) in [5, 5.41) is 7.17. The number of benzene rings is 2. The van der Waals surface area contributed by atoms with Crippen molar-refractivity contribution in [1.82, 2.24) is 9.78 Å². The summed E-state index contributed by atoms with van der Waals surface area (Å²) in [6.07, 6.45) is 1.50. The predicted molar refractivity (Wildman–Crippen MR) is 106 cm³/mol. The number of carbonyl (C=O) groups is 1. The Morgan fingerprint density at radius 1 is 1.08 bits per heavy atom. The van der Waals surface area contributed by atoms with E-state index in [9.17, 15) is 4.79 Å². The fraction of sp³-hybridized carbons (Fsp3) is 0.238. The van der Waals surface area contributed by atoms with Crippen LogP contribution in [0.1, 0.15) is 42.3 Å². The predicted octanol–water partition coefficient (Wildman–Crippen LogP) is 4.31. The number of aromatic nitrogens is 2. The Labute approximate surface area is 153 Å². The number of hydrogen-bond acceptors (Lipinski definition) is 3.